The molecule has 0 saturated heterocycles. The highest BCUT2D eigenvalue weighted by Crippen LogP contribution is 2.07. The molecule has 102 valence electrons. The molecule has 0 fully saturated rings. The van der Waals surface area contributed by atoms with Crippen LogP contribution in [0.5, 0.6) is 0 Å². The molecule has 0 aliphatic carbocycles. The number of rotatable bonds is 7. The van der Waals surface area contributed by atoms with Gasteiger partial charge in [-0.1, -0.05) is 19.6 Å². The number of hydrogen-bond acceptors (Lipinski definition) is 5. The van der Waals surface area contributed by atoms with Crippen LogP contribution in [-0.4, -0.2) is 44.5 Å². The molecule has 17 heavy (non-hydrogen) atoms. The Morgan fingerprint density at radius 2 is 2.06 bits per heavy atom. The van der Waals surface area contributed by atoms with Crippen molar-refractivity contribution in [1.29, 1.82) is 0 Å². The summed E-state index contributed by atoms with van der Waals surface area (Å²) < 4.78 is 5.41. The molecule has 0 saturated carbocycles. The SMILES string of the molecule is C[C@H](N)C(O)/C(=N/N)NCOCC[Si](C)(C)C. The van der Waals surface area contributed by atoms with Gasteiger partial charge in [-0.2, -0.15) is 5.10 Å². The number of nitrogens with two attached hydrogens (primary N) is 2. The number of nitrogens with zero attached hydrogens (tertiary/aromatic N) is 1. The molecule has 0 aliphatic rings. The van der Waals surface area contributed by atoms with E-state index in [9.17, 15) is 5.11 Å². The molecule has 1 unspecified atom stereocenters. The summed E-state index contributed by atoms with van der Waals surface area (Å²) in [6.07, 6.45) is -0.888. The molecule has 0 aliphatic heterocycles. The fourth-order valence-electron chi connectivity index (χ4n) is 1.05. The minimum atomic E-state index is -1.06. The molecule has 0 amide bonds. The Balaban J connectivity index is 3.80. The predicted molar refractivity (Wildman–Crippen MR) is 73.4 cm³/mol. The Hall–Kier alpha value is -0.633. The molecular formula is C10H26N4O2Si. The zero-order valence-electron chi connectivity index (χ0n) is 11.2. The van der Waals surface area contributed by atoms with E-state index >= 15 is 0 Å². The van der Waals surface area contributed by atoms with Gasteiger partial charge in [0.05, 0.1) is 0 Å². The lowest BCUT2D eigenvalue weighted by Gasteiger charge is -2.19. The zero-order valence-corrected chi connectivity index (χ0v) is 12.2. The number of hydrazone groups is 1. The van der Waals surface area contributed by atoms with Crippen LogP contribution in [0, 0.1) is 0 Å². The van der Waals surface area contributed by atoms with Crippen molar-refractivity contribution in [3.8, 4) is 0 Å². The van der Waals surface area contributed by atoms with Gasteiger partial charge < -0.3 is 26.7 Å². The van der Waals surface area contributed by atoms with Gasteiger partial charge in [0.15, 0.2) is 5.84 Å². The molecule has 0 bridgehead atoms. The third-order valence-electron chi connectivity index (χ3n) is 2.27. The molecule has 0 aromatic carbocycles. The van der Waals surface area contributed by atoms with Gasteiger partial charge in [-0.25, -0.2) is 0 Å². The van der Waals surface area contributed by atoms with Crippen LogP contribution in [0.2, 0.25) is 25.7 Å². The van der Waals surface area contributed by atoms with Crippen LogP contribution in [0.3, 0.4) is 0 Å². The van der Waals surface area contributed by atoms with Crippen LogP contribution in [0.15, 0.2) is 5.10 Å². The molecular weight excluding hydrogens is 236 g/mol. The third kappa shape index (κ3) is 8.14. The number of hydrogen-bond donors (Lipinski definition) is 4. The maximum absolute atomic E-state index is 9.63. The van der Waals surface area contributed by atoms with Crippen LogP contribution >= 0.6 is 0 Å². The van der Waals surface area contributed by atoms with Crippen molar-refractivity contribution < 1.29 is 9.84 Å². The number of aliphatic hydroxyl groups excluding tert-OH is 1. The van der Waals surface area contributed by atoms with E-state index in [2.05, 4.69) is 30.1 Å². The molecule has 6 nitrogen and oxygen atoms in total. The zero-order chi connectivity index (χ0) is 13.5. The Bertz CT molecular complexity index is 241. The van der Waals surface area contributed by atoms with Gasteiger partial charge >= 0.3 is 0 Å². The molecule has 0 aromatic rings. The highest BCUT2D eigenvalue weighted by Gasteiger charge is 2.17. The summed E-state index contributed by atoms with van der Waals surface area (Å²) in [6.45, 7) is 9.53. The Morgan fingerprint density at radius 1 is 1.47 bits per heavy atom. The fraction of sp³-hybridized carbons (Fsp3) is 0.900. The van der Waals surface area contributed by atoms with E-state index in [1.54, 1.807) is 6.92 Å². The Kier molecular flexibility index (Phi) is 7.36. The topological polar surface area (TPSA) is 106 Å². The minimum Gasteiger partial charge on any atom is -0.383 e. The predicted octanol–water partition coefficient (Wildman–Crippen LogP) is -0.131. The second-order valence-electron chi connectivity index (χ2n) is 5.36. The lowest BCUT2D eigenvalue weighted by atomic mass is 10.2. The smallest absolute Gasteiger partial charge is 0.154 e. The van der Waals surface area contributed by atoms with Gasteiger partial charge in [-0.05, 0) is 13.0 Å². The van der Waals surface area contributed by atoms with Crippen molar-refractivity contribution in [1.82, 2.24) is 5.32 Å². The second-order valence-corrected chi connectivity index (χ2v) is 11.0. The average molecular weight is 262 g/mol. The average Bonchev–Trinajstić information content (AvgIpc) is 2.20. The molecule has 6 N–H and O–H groups in total. The molecule has 0 radical (unpaired) electrons. The first kappa shape index (κ1) is 16.4. The van der Waals surface area contributed by atoms with Gasteiger partial charge in [-0.15, -0.1) is 0 Å². The van der Waals surface area contributed by atoms with Crippen molar-refractivity contribution in [3.05, 3.63) is 0 Å². The van der Waals surface area contributed by atoms with Crippen molar-refractivity contribution in [2.45, 2.75) is 44.8 Å². The standard InChI is InChI=1S/C10H26N4O2Si/c1-8(11)9(15)10(14-12)13-7-16-5-6-17(2,3)4/h8-9,15H,5-7,11-12H2,1-4H3,(H,13,14)/t8-,9?/m0/s1. The van der Waals surface area contributed by atoms with Crippen LogP contribution in [-0.2, 0) is 4.74 Å². The first-order valence-corrected chi connectivity index (χ1v) is 9.51. The van der Waals surface area contributed by atoms with E-state index in [1.165, 1.54) is 0 Å². The maximum atomic E-state index is 9.63. The highest BCUT2D eigenvalue weighted by molar-refractivity contribution is 6.76. The van der Waals surface area contributed by atoms with E-state index < -0.39 is 20.2 Å². The van der Waals surface area contributed by atoms with E-state index in [1.807, 2.05) is 0 Å². The Morgan fingerprint density at radius 3 is 2.47 bits per heavy atom. The molecule has 2 atom stereocenters. The third-order valence-corrected chi connectivity index (χ3v) is 3.97. The van der Waals surface area contributed by atoms with Crippen molar-refractivity contribution in [2.24, 2.45) is 16.7 Å². The number of nitrogens with one attached hydrogen (secondary N) is 1. The summed E-state index contributed by atoms with van der Waals surface area (Å²) in [6, 6.07) is 0.673. The lowest BCUT2D eigenvalue weighted by Crippen LogP contribution is -2.46. The lowest BCUT2D eigenvalue weighted by molar-refractivity contribution is 0.135. The summed E-state index contributed by atoms with van der Waals surface area (Å²) in [5.41, 5.74) is 5.54. The summed E-state index contributed by atoms with van der Waals surface area (Å²) in [5.74, 6) is 5.41. The molecule has 0 spiro atoms. The second kappa shape index (κ2) is 7.65. The van der Waals surface area contributed by atoms with Gasteiger partial charge in [-0.3, -0.25) is 0 Å². The first-order chi connectivity index (χ1) is 7.78. The van der Waals surface area contributed by atoms with Crippen molar-refractivity contribution in [3.63, 3.8) is 0 Å². The van der Waals surface area contributed by atoms with Gasteiger partial charge in [0.1, 0.15) is 12.8 Å². The summed E-state index contributed by atoms with van der Waals surface area (Å²) in [4.78, 5) is 0. The molecule has 0 rings (SSSR count). The normalized spacial score (nSPS) is 16.7. The molecule has 7 heteroatoms. The summed E-state index contributed by atoms with van der Waals surface area (Å²) >= 11 is 0. The van der Waals surface area contributed by atoms with Gasteiger partial charge in [0.25, 0.3) is 0 Å². The largest absolute Gasteiger partial charge is 0.383 e. The van der Waals surface area contributed by atoms with Crippen LogP contribution in [0.25, 0.3) is 0 Å². The van der Waals surface area contributed by atoms with Crippen molar-refractivity contribution in [2.75, 3.05) is 13.3 Å². The minimum absolute atomic E-state index is 0.257. The molecule has 0 aromatic heterocycles. The van der Waals surface area contributed by atoms with Gasteiger partial charge in [0, 0.05) is 20.7 Å². The monoisotopic (exact) mass is 262 g/mol. The van der Waals surface area contributed by atoms with E-state index in [-0.39, 0.29) is 12.6 Å². The summed E-state index contributed by atoms with van der Waals surface area (Å²) in [7, 11) is -1.06. The highest BCUT2D eigenvalue weighted by atomic mass is 28.3. The van der Waals surface area contributed by atoms with E-state index in [0.717, 1.165) is 6.04 Å². The van der Waals surface area contributed by atoms with E-state index in [4.69, 9.17) is 16.3 Å². The van der Waals surface area contributed by atoms with E-state index in [0.29, 0.717) is 6.61 Å². The van der Waals surface area contributed by atoms with Crippen molar-refractivity contribution >= 4 is 13.9 Å². The van der Waals surface area contributed by atoms with Crippen LogP contribution in [0.4, 0.5) is 0 Å². The number of ether oxygens (including phenoxy) is 1. The molecule has 0 heterocycles. The quantitative estimate of drug-likeness (QED) is 0.0972. The summed E-state index contributed by atoms with van der Waals surface area (Å²) in [5, 5.41) is 15.9. The fourth-order valence-corrected chi connectivity index (χ4v) is 1.81. The maximum Gasteiger partial charge on any atom is 0.154 e. The van der Waals surface area contributed by atoms with Crippen LogP contribution < -0.4 is 16.9 Å². The number of amidine groups is 1. The van der Waals surface area contributed by atoms with Gasteiger partial charge in [0.2, 0.25) is 0 Å². The number of aliphatic hydroxyl groups is 1. The van der Waals surface area contributed by atoms with Crippen LogP contribution in [0.1, 0.15) is 6.92 Å². The first-order valence-electron chi connectivity index (χ1n) is 5.81. The Labute approximate surface area is 104 Å².